The smallest absolute Gasteiger partial charge is 0.407 e. The summed E-state index contributed by atoms with van der Waals surface area (Å²) in [5, 5.41) is 11.9. The second-order valence-electron chi connectivity index (χ2n) is 6.42. The molecule has 2 rings (SSSR count). The van der Waals surface area contributed by atoms with E-state index in [2.05, 4.69) is 5.32 Å². The molecular formula is C13H21NO4. The lowest BCUT2D eigenvalue weighted by molar-refractivity contribution is -0.143. The van der Waals surface area contributed by atoms with Gasteiger partial charge < -0.3 is 15.2 Å². The van der Waals surface area contributed by atoms with E-state index in [1.807, 2.05) is 20.8 Å². The molecule has 2 saturated carbocycles. The van der Waals surface area contributed by atoms with Crippen molar-refractivity contribution in [2.75, 3.05) is 0 Å². The van der Waals surface area contributed by atoms with Crippen LogP contribution in [0.3, 0.4) is 0 Å². The Morgan fingerprint density at radius 1 is 1.22 bits per heavy atom. The van der Waals surface area contributed by atoms with Gasteiger partial charge in [0.25, 0.3) is 0 Å². The van der Waals surface area contributed by atoms with Crippen LogP contribution in [-0.4, -0.2) is 28.8 Å². The molecule has 0 bridgehead atoms. The third-order valence-corrected chi connectivity index (χ3v) is 3.67. The number of carboxylic acid groups (broad SMARTS) is 1. The van der Waals surface area contributed by atoms with Gasteiger partial charge in [-0.2, -0.15) is 0 Å². The van der Waals surface area contributed by atoms with Crippen molar-refractivity contribution in [2.45, 2.75) is 51.7 Å². The molecule has 18 heavy (non-hydrogen) atoms. The molecule has 0 heterocycles. The molecule has 2 fully saturated rings. The molecule has 2 aliphatic rings. The summed E-state index contributed by atoms with van der Waals surface area (Å²) >= 11 is 0. The first-order valence-corrected chi connectivity index (χ1v) is 6.48. The molecule has 0 aromatic carbocycles. The zero-order valence-electron chi connectivity index (χ0n) is 11.1. The lowest BCUT2D eigenvalue weighted by atomic mass is 9.86. The van der Waals surface area contributed by atoms with Crippen LogP contribution >= 0.6 is 0 Å². The molecule has 0 aromatic heterocycles. The van der Waals surface area contributed by atoms with Crippen molar-refractivity contribution in [1.82, 2.24) is 5.32 Å². The summed E-state index contributed by atoms with van der Waals surface area (Å²) in [6.07, 6.45) is 1.87. The number of alkyl carbamates (subject to hydrolysis) is 1. The van der Waals surface area contributed by atoms with Crippen molar-refractivity contribution >= 4 is 12.1 Å². The minimum Gasteiger partial charge on any atom is -0.481 e. The number of carboxylic acids is 1. The predicted molar refractivity (Wildman–Crippen MR) is 65.1 cm³/mol. The van der Waals surface area contributed by atoms with Gasteiger partial charge in [-0.3, -0.25) is 4.79 Å². The van der Waals surface area contributed by atoms with Crippen LogP contribution < -0.4 is 5.32 Å². The number of ether oxygens (including phenoxy) is 1. The Balaban J connectivity index is 1.89. The van der Waals surface area contributed by atoms with E-state index in [0.29, 0.717) is 18.3 Å². The average Bonchev–Trinajstić information content (AvgIpc) is 2.92. The number of aliphatic carboxylic acids is 1. The van der Waals surface area contributed by atoms with Gasteiger partial charge in [0.2, 0.25) is 0 Å². The first kappa shape index (κ1) is 13.2. The first-order valence-electron chi connectivity index (χ1n) is 6.48. The summed E-state index contributed by atoms with van der Waals surface area (Å²) in [5.41, 5.74) is -0.520. The van der Waals surface area contributed by atoms with Gasteiger partial charge in [0.05, 0.1) is 5.92 Å². The highest BCUT2D eigenvalue weighted by molar-refractivity contribution is 5.71. The fourth-order valence-electron chi connectivity index (χ4n) is 2.80. The molecule has 5 heteroatoms. The van der Waals surface area contributed by atoms with Gasteiger partial charge in [0.15, 0.2) is 0 Å². The highest BCUT2D eigenvalue weighted by Crippen LogP contribution is 2.51. The molecule has 5 nitrogen and oxygen atoms in total. The minimum atomic E-state index is -0.753. The first-order chi connectivity index (χ1) is 8.26. The highest BCUT2D eigenvalue weighted by atomic mass is 16.6. The SMILES string of the molecule is CC(C)(C)OC(=O)N[C@@H]1C[C@@H](C(=O)O)CC2CC21. The number of nitrogens with one attached hydrogen (secondary N) is 1. The molecule has 2 unspecified atom stereocenters. The van der Waals surface area contributed by atoms with E-state index in [1.54, 1.807) is 0 Å². The zero-order valence-corrected chi connectivity index (χ0v) is 11.1. The lowest BCUT2D eigenvalue weighted by Gasteiger charge is -2.28. The number of fused-ring (bicyclic) bond motifs is 1. The quantitative estimate of drug-likeness (QED) is 0.791. The van der Waals surface area contributed by atoms with Crippen molar-refractivity contribution in [3.8, 4) is 0 Å². The van der Waals surface area contributed by atoms with Crippen molar-refractivity contribution in [3.05, 3.63) is 0 Å². The van der Waals surface area contributed by atoms with E-state index in [-0.39, 0.29) is 12.0 Å². The van der Waals surface area contributed by atoms with Gasteiger partial charge in [-0.05, 0) is 51.9 Å². The molecule has 1 amide bonds. The van der Waals surface area contributed by atoms with Gasteiger partial charge in [0, 0.05) is 6.04 Å². The van der Waals surface area contributed by atoms with Gasteiger partial charge in [-0.15, -0.1) is 0 Å². The van der Waals surface area contributed by atoms with E-state index in [9.17, 15) is 9.59 Å². The third-order valence-electron chi connectivity index (χ3n) is 3.67. The van der Waals surface area contributed by atoms with Crippen molar-refractivity contribution < 1.29 is 19.4 Å². The number of carbonyl (C=O) groups excluding carboxylic acids is 1. The van der Waals surface area contributed by atoms with Gasteiger partial charge in [-0.25, -0.2) is 4.79 Å². The van der Waals surface area contributed by atoms with Crippen LogP contribution in [0.2, 0.25) is 0 Å². The van der Waals surface area contributed by atoms with E-state index >= 15 is 0 Å². The van der Waals surface area contributed by atoms with E-state index in [4.69, 9.17) is 9.84 Å². The molecule has 4 atom stereocenters. The van der Waals surface area contributed by atoms with Gasteiger partial charge in [-0.1, -0.05) is 0 Å². The van der Waals surface area contributed by atoms with Gasteiger partial charge >= 0.3 is 12.1 Å². The second-order valence-corrected chi connectivity index (χ2v) is 6.42. The lowest BCUT2D eigenvalue weighted by Crippen LogP contribution is -2.44. The average molecular weight is 255 g/mol. The summed E-state index contributed by atoms with van der Waals surface area (Å²) in [4.78, 5) is 22.7. The molecule has 0 radical (unpaired) electrons. The van der Waals surface area contributed by atoms with Crippen molar-refractivity contribution in [3.63, 3.8) is 0 Å². The number of rotatable bonds is 2. The molecule has 2 aliphatic carbocycles. The standard InChI is InChI=1S/C13H21NO4/c1-13(2,3)18-12(17)14-10-6-8(11(15)16)4-7-5-9(7)10/h7-10H,4-6H2,1-3H3,(H,14,17)(H,15,16)/t7?,8-,9?,10+/m0/s1. The molecule has 0 aromatic rings. The molecule has 0 aliphatic heterocycles. The molecular weight excluding hydrogens is 234 g/mol. The molecule has 102 valence electrons. The minimum absolute atomic E-state index is 0.0419. The summed E-state index contributed by atoms with van der Waals surface area (Å²) in [7, 11) is 0. The maximum Gasteiger partial charge on any atom is 0.407 e. The molecule has 2 N–H and O–H groups in total. The second kappa shape index (κ2) is 4.44. The van der Waals surface area contributed by atoms with Crippen LogP contribution in [0.1, 0.15) is 40.0 Å². The van der Waals surface area contributed by atoms with Crippen LogP contribution in [0.5, 0.6) is 0 Å². The highest BCUT2D eigenvalue weighted by Gasteiger charge is 2.50. The van der Waals surface area contributed by atoms with Gasteiger partial charge in [0.1, 0.15) is 5.60 Å². The molecule has 0 spiro atoms. The number of amides is 1. The van der Waals surface area contributed by atoms with Crippen molar-refractivity contribution in [2.24, 2.45) is 17.8 Å². The Labute approximate surface area is 107 Å². The maximum absolute atomic E-state index is 11.7. The van der Waals surface area contributed by atoms with Crippen LogP contribution in [0.4, 0.5) is 4.79 Å². The Bertz CT molecular complexity index is 360. The van der Waals surface area contributed by atoms with Crippen LogP contribution in [0, 0.1) is 17.8 Å². The Kier molecular flexibility index (Phi) is 3.25. The summed E-state index contributed by atoms with van der Waals surface area (Å²) in [5.74, 6) is -0.155. The summed E-state index contributed by atoms with van der Waals surface area (Å²) < 4.78 is 5.21. The summed E-state index contributed by atoms with van der Waals surface area (Å²) in [6.45, 7) is 5.44. The zero-order chi connectivity index (χ0) is 13.5. The van der Waals surface area contributed by atoms with E-state index in [1.165, 1.54) is 0 Å². The summed E-state index contributed by atoms with van der Waals surface area (Å²) in [6, 6.07) is -0.0419. The van der Waals surface area contributed by atoms with Crippen LogP contribution in [0.15, 0.2) is 0 Å². The fraction of sp³-hybridized carbons (Fsp3) is 0.846. The molecule has 0 saturated heterocycles. The van der Waals surface area contributed by atoms with Crippen LogP contribution in [-0.2, 0) is 9.53 Å². The predicted octanol–water partition coefficient (Wildman–Crippen LogP) is 2.01. The Hall–Kier alpha value is -1.26. The Morgan fingerprint density at radius 3 is 2.44 bits per heavy atom. The van der Waals surface area contributed by atoms with E-state index in [0.717, 1.165) is 12.8 Å². The fourth-order valence-corrected chi connectivity index (χ4v) is 2.80. The largest absolute Gasteiger partial charge is 0.481 e. The number of hydrogen-bond acceptors (Lipinski definition) is 3. The number of carbonyl (C=O) groups is 2. The Morgan fingerprint density at radius 2 is 1.89 bits per heavy atom. The van der Waals surface area contributed by atoms with Crippen molar-refractivity contribution in [1.29, 1.82) is 0 Å². The number of hydrogen-bond donors (Lipinski definition) is 2. The topological polar surface area (TPSA) is 75.6 Å². The van der Waals surface area contributed by atoms with Crippen LogP contribution in [0.25, 0.3) is 0 Å². The van der Waals surface area contributed by atoms with E-state index < -0.39 is 17.7 Å². The normalized spacial score (nSPS) is 34.4. The third kappa shape index (κ3) is 3.15. The monoisotopic (exact) mass is 255 g/mol. The maximum atomic E-state index is 11.7.